The van der Waals surface area contributed by atoms with E-state index in [0.717, 1.165) is 23.4 Å². The molecule has 0 spiro atoms. The van der Waals surface area contributed by atoms with Gasteiger partial charge in [0.25, 0.3) is 5.91 Å². The Bertz CT molecular complexity index is 684. The van der Waals surface area contributed by atoms with Crippen molar-refractivity contribution in [3.8, 4) is 11.8 Å². The molecule has 0 unspecified atom stereocenters. The SMILES string of the molecule is NCC#Cc1ccc(C(=O)Nc2nc3c(s2)CCC3)s1. The van der Waals surface area contributed by atoms with E-state index >= 15 is 0 Å². The second kappa shape index (κ2) is 5.75. The van der Waals surface area contributed by atoms with Gasteiger partial charge in [0.2, 0.25) is 0 Å². The highest BCUT2D eigenvalue weighted by atomic mass is 32.1. The Morgan fingerprint density at radius 1 is 1.40 bits per heavy atom. The molecule has 0 bridgehead atoms. The fourth-order valence-electron chi connectivity index (χ4n) is 2.07. The number of nitrogens with one attached hydrogen (secondary N) is 1. The minimum Gasteiger partial charge on any atom is -0.320 e. The zero-order valence-corrected chi connectivity index (χ0v) is 12.4. The molecule has 1 amide bonds. The average Bonchev–Trinajstić information content (AvgIpc) is 3.10. The number of hydrogen-bond acceptors (Lipinski definition) is 5. The Kier molecular flexibility index (Phi) is 3.83. The number of carbonyl (C=O) groups excluding carboxylic acids is 1. The van der Waals surface area contributed by atoms with E-state index in [1.807, 2.05) is 6.07 Å². The van der Waals surface area contributed by atoms with Crippen molar-refractivity contribution in [1.82, 2.24) is 4.98 Å². The van der Waals surface area contributed by atoms with Gasteiger partial charge in [-0.05, 0) is 31.4 Å². The van der Waals surface area contributed by atoms with Crippen LogP contribution in [0, 0.1) is 11.8 Å². The van der Waals surface area contributed by atoms with Gasteiger partial charge in [0.05, 0.1) is 22.0 Å². The largest absolute Gasteiger partial charge is 0.320 e. The fraction of sp³-hybridized carbons (Fsp3) is 0.286. The number of thiazole rings is 1. The van der Waals surface area contributed by atoms with Crippen LogP contribution in [0.3, 0.4) is 0 Å². The second-order valence-corrected chi connectivity index (χ2v) is 6.53. The highest BCUT2D eigenvalue weighted by Gasteiger charge is 2.18. The van der Waals surface area contributed by atoms with Gasteiger partial charge in [0, 0.05) is 4.88 Å². The number of aryl methyl sites for hydroxylation is 2. The van der Waals surface area contributed by atoms with Crippen molar-refractivity contribution in [3.05, 3.63) is 32.5 Å². The summed E-state index contributed by atoms with van der Waals surface area (Å²) in [7, 11) is 0. The number of fused-ring (bicyclic) bond motifs is 1. The van der Waals surface area contributed by atoms with Crippen LogP contribution in [0.25, 0.3) is 0 Å². The van der Waals surface area contributed by atoms with Gasteiger partial charge in [-0.25, -0.2) is 4.98 Å². The van der Waals surface area contributed by atoms with Crippen LogP contribution < -0.4 is 11.1 Å². The number of rotatable bonds is 2. The zero-order valence-electron chi connectivity index (χ0n) is 10.7. The molecule has 0 aliphatic heterocycles. The number of carbonyl (C=O) groups is 1. The van der Waals surface area contributed by atoms with Crippen LogP contribution in [-0.4, -0.2) is 17.4 Å². The van der Waals surface area contributed by atoms with Gasteiger partial charge >= 0.3 is 0 Å². The molecule has 0 aromatic carbocycles. The van der Waals surface area contributed by atoms with Crippen molar-refractivity contribution in [2.45, 2.75) is 19.3 Å². The first-order chi connectivity index (χ1) is 9.76. The lowest BCUT2D eigenvalue weighted by atomic mass is 10.4. The smallest absolute Gasteiger partial charge is 0.267 e. The second-order valence-electron chi connectivity index (χ2n) is 4.37. The summed E-state index contributed by atoms with van der Waals surface area (Å²) in [6, 6.07) is 3.62. The molecular weight excluding hydrogens is 290 g/mol. The molecule has 0 atom stereocenters. The third-order valence-corrected chi connectivity index (χ3v) is 5.03. The Morgan fingerprint density at radius 2 is 2.30 bits per heavy atom. The fourth-order valence-corrected chi connectivity index (χ4v) is 3.89. The molecule has 4 nitrogen and oxygen atoms in total. The van der Waals surface area contributed by atoms with Crippen LogP contribution in [0.4, 0.5) is 5.13 Å². The molecule has 2 heterocycles. The molecule has 1 aliphatic rings. The van der Waals surface area contributed by atoms with Gasteiger partial charge < -0.3 is 5.73 Å². The van der Waals surface area contributed by atoms with Crippen molar-refractivity contribution in [2.24, 2.45) is 5.73 Å². The highest BCUT2D eigenvalue weighted by Crippen LogP contribution is 2.30. The van der Waals surface area contributed by atoms with E-state index in [9.17, 15) is 4.79 Å². The predicted octanol–water partition coefficient (Wildman–Crippen LogP) is 2.26. The Labute approximate surface area is 125 Å². The van der Waals surface area contributed by atoms with E-state index in [4.69, 9.17) is 5.73 Å². The van der Waals surface area contributed by atoms with Crippen LogP contribution in [0.15, 0.2) is 12.1 Å². The van der Waals surface area contributed by atoms with Crippen LogP contribution in [-0.2, 0) is 12.8 Å². The first-order valence-electron chi connectivity index (χ1n) is 6.35. The summed E-state index contributed by atoms with van der Waals surface area (Å²) >= 11 is 2.95. The molecule has 0 fully saturated rings. The highest BCUT2D eigenvalue weighted by molar-refractivity contribution is 7.16. The van der Waals surface area contributed by atoms with Crippen molar-refractivity contribution < 1.29 is 4.79 Å². The van der Waals surface area contributed by atoms with Crippen LogP contribution >= 0.6 is 22.7 Å². The monoisotopic (exact) mass is 303 g/mol. The summed E-state index contributed by atoms with van der Waals surface area (Å²) in [6.45, 7) is 0.324. The van der Waals surface area contributed by atoms with Crippen LogP contribution in [0.1, 0.15) is 31.5 Å². The van der Waals surface area contributed by atoms with E-state index < -0.39 is 0 Å². The summed E-state index contributed by atoms with van der Waals surface area (Å²) in [4.78, 5) is 19.4. The van der Waals surface area contributed by atoms with E-state index in [-0.39, 0.29) is 5.91 Å². The van der Waals surface area contributed by atoms with Gasteiger partial charge in [-0.2, -0.15) is 0 Å². The van der Waals surface area contributed by atoms with Crippen molar-refractivity contribution in [2.75, 3.05) is 11.9 Å². The molecule has 2 aromatic heterocycles. The number of amides is 1. The number of nitrogens with zero attached hydrogens (tertiary/aromatic N) is 1. The maximum atomic E-state index is 12.1. The maximum Gasteiger partial charge on any atom is 0.267 e. The molecule has 0 saturated carbocycles. The molecular formula is C14H13N3OS2. The first-order valence-corrected chi connectivity index (χ1v) is 7.98. The van der Waals surface area contributed by atoms with Gasteiger partial charge in [0.1, 0.15) is 0 Å². The molecule has 20 heavy (non-hydrogen) atoms. The van der Waals surface area contributed by atoms with Crippen LogP contribution in [0.5, 0.6) is 0 Å². The lowest BCUT2D eigenvalue weighted by Crippen LogP contribution is -2.09. The van der Waals surface area contributed by atoms with Gasteiger partial charge in [-0.1, -0.05) is 11.8 Å². The molecule has 0 radical (unpaired) electrons. The van der Waals surface area contributed by atoms with Crippen LogP contribution in [0.2, 0.25) is 0 Å². The summed E-state index contributed by atoms with van der Waals surface area (Å²) in [6.07, 6.45) is 3.29. The number of aromatic nitrogens is 1. The molecule has 6 heteroatoms. The number of nitrogens with two attached hydrogens (primary N) is 1. The minimum atomic E-state index is -0.122. The Hall–Kier alpha value is -1.68. The lowest BCUT2D eigenvalue weighted by molar-refractivity contribution is 0.103. The summed E-state index contributed by atoms with van der Waals surface area (Å²) in [5, 5.41) is 3.56. The lowest BCUT2D eigenvalue weighted by Gasteiger charge is -1.98. The Balaban J connectivity index is 1.70. The van der Waals surface area contributed by atoms with E-state index in [0.29, 0.717) is 16.6 Å². The Morgan fingerprint density at radius 3 is 3.10 bits per heavy atom. The molecule has 2 aromatic rings. The maximum absolute atomic E-state index is 12.1. The molecule has 1 aliphatic carbocycles. The molecule has 3 rings (SSSR count). The molecule has 0 saturated heterocycles. The topological polar surface area (TPSA) is 68.0 Å². The third-order valence-electron chi connectivity index (χ3n) is 2.96. The first kappa shape index (κ1) is 13.3. The van der Waals surface area contributed by atoms with Crippen molar-refractivity contribution in [1.29, 1.82) is 0 Å². The number of hydrogen-bond donors (Lipinski definition) is 2. The molecule has 102 valence electrons. The van der Waals surface area contributed by atoms with E-state index in [2.05, 4.69) is 22.1 Å². The number of anilines is 1. The molecule has 3 N–H and O–H groups in total. The summed E-state index contributed by atoms with van der Waals surface area (Å²) in [5.74, 6) is 5.58. The number of thiophene rings is 1. The van der Waals surface area contributed by atoms with E-state index in [1.54, 1.807) is 17.4 Å². The van der Waals surface area contributed by atoms with Gasteiger partial charge in [0.15, 0.2) is 5.13 Å². The van der Waals surface area contributed by atoms with Crippen molar-refractivity contribution in [3.63, 3.8) is 0 Å². The van der Waals surface area contributed by atoms with E-state index in [1.165, 1.54) is 22.6 Å². The van der Waals surface area contributed by atoms with Crippen molar-refractivity contribution >= 4 is 33.7 Å². The normalized spacial score (nSPS) is 12.7. The quantitative estimate of drug-likeness (QED) is 0.836. The predicted molar refractivity (Wildman–Crippen MR) is 82.3 cm³/mol. The summed E-state index contributed by atoms with van der Waals surface area (Å²) < 4.78 is 0. The average molecular weight is 303 g/mol. The minimum absolute atomic E-state index is 0.122. The third kappa shape index (κ3) is 2.75. The zero-order chi connectivity index (χ0) is 13.9. The summed E-state index contributed by atoms with van der Waals surface area (Å²) in [5.41, 5.74) is 6.47. The standard InChI is InChI=1S/C14H13N3OS2/c15-8-2-3-9-6-7-12(19-9)13(18)17-14-16-10-4-1-5-11(10)20-14/h6-7H,1,4-5,8,15H2,(H,16,17,18). The van der Waals surface area contributed by atoms with Gasteiger partial charge in [-0.3, -0.25) is 10.1 Å². The van der Waals surface area contributed by atoms with Gasteiger partial charge in [-0.15, -0.1) is 22.7 Å².